The first-order valence-corrected chi connectivity index (χ1v) is 8.21. The van der Waals surface area contributed by atoms with E-state index < -0.39 is 6.36 Å². The molecule has 3 aromatic rings. The van der Waals surface area contributed by atoms with Crippen LogP contribution in [0.2, 0.25) is 0 Å². The highest BCUT2D eigenvalue weighted by Gasteiger charge is 2.31. The summed E-state index contributed by atoms with van der Waals surface area (Å²) < 4.78 is 41.3. The van der Waals surface area contributed by atoms with Gasteiger partial charge in [0.1, 0.15) is 5.75 Å². The van der Waals surface area contributed by atoms with Crippen molar-refractivity contribution < 1.29 is 17.9 Å². The summed E-state index contributed by atoms with van der Waals surface area (Å²) >= 11 is 0. The topological polar surface area (TPSA) is 64.0 Å². The maximum Gasteiger partial charge on any atom is 0.573 e. The molecule has 0 radical (unpaired) electrons. The number of hydrogen-bond donors (Lipinski definition) is 0. The van der Waals surface area contributed by atoms with Crippen molar-refractivity contribution in [3.05, 3.63) is 60.2 Å². The molecule has 2 aromatic heterocycles. The molecule has 27 heavy (non-hydrogen) atoms. The number of aromatic nitrogens is 4. The Kier molecular flexibility index (Phi) is 4.35. The van der Waals surface area contributed by atoms with E-state index in [1.54, 1.807) is 30.7 Å². The highest BCUT2D eigenvalue weighted by atomic mass is 19.4. The van der Waals surface area contributed by atoms with E-state index in [4.69, 9.17) is 0 Å². The van der Waals surface area contributed by atoms with E-state index in [1.807, 2.05) is 4.90 Å². The van der Waals surface area contributed by atoms with Crippen LogP contribution in [0.1, 0.15) is 11.3 Å². The van der Waals surface area contributed by atoms with E-state index in [9.17, 15) is 13.2 Å². The zero-order valence-electron chi connectivity index (χ0n) is 14.0. The lowest BCUT2D eigenvalue weighted by Gasteiger charge is -2.30. The van der Waals surface area contributed by atoms with Gasteiger partial charge in [0.15, 0.2) is 11.6 Å². The summed E-state index contributed by atoms with van der Waals surface area (Å²) in [4.78, 5) is 19.1. The van der Waals surface area contributed by atoms with Gasteiger partial charge < -0.3 is 9.64 Å². The molecule has 0 fully saturated rings. The number of alkyl halides is 3. The predicted octanol–water partition coefficient (Wildman–Crippen LogP) is 3.39. The summed E-state index contributed by atoms with van der Waals surface area (Å²) in [5, 5.41) is 0. The van der Waals surface area contributed by atoms with Crippen LogP contribution in [0, 0.1) is 0 Å². The van der Waals surface area contributed by atoms with Gasteiger partial charge in [-0.1, -0.05) is 6.07 Å². The maximum atomic E-state index is 12.4. The van der Waals surface area contributed by atoms with E-state index >= 15 is 0 Å². The van der Waals surface area contributed by atoms with Crippen LogP contribution in [0.4, 0.5) is 18.9 Å². The van der Waals surface area contributed by atoms with Gasteiger partial charge >= 0.3 is 6.36 Å². The Bertz CT molecular complexity index is 949. The number of benzene rings is 1. The van der Waals surface area contributed by atoms with E-state index in [0.717, 1.165) is 11.3 Å². The zero-order valence-corrected chi connectivity index (χ0v) is 14.0. The lowest BCUT2D eigenvalue weighted by molar-refractivity contribution is -0.274. The molecule has 1 aromatic carbocycles. The van der Waals surface area contributed by atoms with E-state index in [0.29, 0.717) is 36.8 Å². The highest BCUT2D eigenvalue weighted by molar-refractivity contribution is 5.53. The van der Waals surface area contributed by atoms with Gasteiger partial charge in [0, 0.05) is 55.4 Å². The first-order valence-electron chi connectivity index (χ1n) is 8.21. The third kappa shape index (κ3) is 3.97. The third-order valence-corrected chi connectivity index (χ3v) is 4.12. The summed E-state index contributed by atoms with van der Waals surface area (Å²) in [5.41, 5.74) is 2.47. The predicted molar refractivity (Wildman–Crippen MR) is 90.9 cm³/mol. The minimum atomic E-state index is -4.71. The molecular formula is C18H14F3N5O. The van der Waals surface area contributed by atoms with Crippen molar-refractivity contribution in [2.24, 2.45) is 0 Å². The Balaban J connectivity index is 1.55. The second-order valence-electron chi connectivity index (χ2n) is 5.95. The fourth-order valence-corrected chi connectivity index (χ4v) is 2.94. The van der Waals surface area contributed by atoms with Crippen molar-refractivity contribution >= 4 is 5.69 Å². The molecule has 6 nitrogen and oxygen atoms in total. The largest absolute Gasteiger partial charge is 0.573 e. The van der Waals surface area contributed by atoms with Crippen LogP contribution in [0.5, 0.6) is 5.75 Å². The normalized spacial score (nSPS) is 14.0. The molecule has 0 N–H and O–H groups in total. The molecule has 0 bridgehead atoms. The van der Waals surface area contributed by atoms with Gasteiger partial charge in [-0.25, -0.2) is 19.9 Å². The van der Waals surface area contributed by atoms with Crippen LogP contribution < -0.4 is 9.64 Å². The average molecular weight is 373 g/mol. The van der Waals surface area contributed by atoms with Gasteiger partial charge in [0.05, 0.1) is 5.69 Å². The number of nitrogens with zero attached hydrogens (tertiary/aromatic N) is 5. The number of ether oxygens (including phenoxy) is 1. The van der Waals surface area contributed by atoms with Gasteiger partial charge in [0.25, 0.3) is 0 Å². The molecule has 138 valence electrons. The first-order chi connectivity index (χ1) is 13.0. The minimum Gasteiger partial charge on any atom is -0.406 e. The molecule has 0 atom stereocenters. The summed E-state index contributed by atoms with van der Waals surface area (Å²) in [7, 11) is 0. The monoisotopic (exact) mass is 373 g/mol. The molecule has 0 amide bonds. The minimum absolute atomic E-state index is 0.237. The summed E-state index contributed by atoms with van der Waals surface area (Å²) in [6.45, 7) is 1.12. The Labute approximate surface area is 152 Å². The van der Waals surface area contributed by atoms with E-state index in [-0.39, 0.29) is 5.75 Å². The summed E-state index contributed by atoms with van der Waals surface area (Å²) in [6.07, 6.45) is 0.904. The molecule has 1 aliphatic heterocycles. The standard InChI is InChI=1S/C18H14F3N5O/c19-18(20,21)27-14-4-1-3-13(9-14)26-8-5-15-12(11-26)10-24-17(25-15)16-22-6-2-7-23-16/h1-4,6-7,9-10H,5,8,11H2. The Hall–Kier alpha value is -3.23. The Morgan fingerprint density at radius 2 is 1.81 bits per heavy atom. The van der Waals surface area contributed by atoms with Crippen molar-refractivity contribution in [3.8, 4) is 17.4 Å². The van der Waals surface area contributed by atoms with E-state index in [2.05, 4.69) is 24.7 Å². The fourth-order valence-electron chi connectivity index (χ4n) is 2.94. The van der Waals surface area contributed by atoms with Crippen molar-refractivity contribution in [2.45, 2.75) is 19.3 Å². The molecule has 0 saturated heterocycles. The Morgan fingerprint density at radius 1 is 1.00 bits per heavy atom. The molecule has 3 heterocycles. The Morgan fingerprint density at radius 3 is 2.59 bits per heavy atom. The SMILES string of the molecule is FC(F)(F)Oc1cccc(N2CCc3nc(-c4ncccn4)ncc3C2)c1. The maximum absolute atomic E-state index is 12.4. The second-order valence-corrected chi connectivity index (χ2v) is 5.95. The number of rotatable bonds is 3. The number of hydrogen-bond acceptors (Lipinski definition) is 6. The van der Waals surface area contributed by atoms with Gasteiger partial charge in [-0.2, -0.15) is 0 Å². The lowest BCUT2D eigenvalue weighted by Crippen LogP contribution is -2.31. The van der Waals surface area contributed by atoms with E-state index in [1.165, 1.54) is 18.2 Å². The van der Waals surface area contributed by atoms with Crippen LogP contribution in [0.25, 0.3) is 11.6 Å². The third-order valence-electron chi connectivity index (χ3n) is 4.12. The van der Waals surface area contributed by atoms with Crippen LogP contribution in [-0.4, -0.2) is 32.8 Å². The molecule has 1 aliphatic rings. The van der Waals surface area contributed by atoms with Gasteiger partial charge in [-0.15, -0.1) is 13.2 Å². The molecule has 0 aliphatic carbocycles. The summed E-state index contributed by atoms with van der Waals surface area (Å²) in [5.74, 6) is 0.682. The number of anilines is 1. The first kappa shape index (κ1) is 17.2. The van der Waals surface area contributed by atoms with Crippen molar-refractivity contribution in [1.29, 1.82) is 0 Å². The lowest BCUT2D eigenvalue weighted by atomic mass is 10.1. The molecule has 9 heteroatoms. The quantitative estimate of drug-likeness (QED) is 0.701. The average Bonchev–Trinajstić information content (AvgIpc) is 2.67. The molecule has 4 rings (SSSR count). The molecule has 0 unspecified atom stereocenters. The highest BCUT2D eigenvalue weighted by Crippen LogP contribution is 2.29. The fraction of sp³-hybridized carbons (Fsp3) is 0.222. The van der Waals surface area contributed by atoms with Crippen molar-refractivity contribution in [1.82, 2.24) is 19.9 Å². The number of fused-ring (bicyclic) bond motifs is 1. The van der Waals surface area contributed by atoms with Crippen LogP contribution >= 0.6 is 0 Å². The second kappa shape index (κ2) is 6.82. The van der Waals surface area contributed by atoms with Gasteiger partial charge in [0.2, 0.25) is 0 Å². The van der Waals surface area contributed by atoms with Crippen molar-refractivity contribution in [3.63, 3.8) is 0 Å². The zero-order chi connectivity index (χ0) is 18.9. The summed E-state index contributed by atoms with van der Waals surface area (Å²) in [6, 6.07) is 7.67. The van der Waals surface area contributed by atoms with Crippen molar-refractivity contribution in [2.75, 3.05) is 11.4 Å². The van der Waals surface area contributed by atoms with Gasteiger partial charge in [-0.05, 0) is 18.2 Å². The van der Waals surface area contributed by atoms with Crippen LogP contribution in [0.15, 0.2) is 48.9 Å². The molecule has 0 spiro atoms. The smallest absolute Gasteiger partial charge is 0.406 e. The molecule has 0 saturated carbocycles. The van der Waals surface area contributed by atoms with Crippen LogP contribution in [-0.2, 0) is 13.0 Å². The van der Waals surface area contributed by atoms with Crippen LogP contribution in [0.3, 0.4) is 0 Å². The molecular weight excluding hydrogens is 359 g/mol. The number of halogens is 3. The van der Waals surface area contributed by atoms with Gasteiger partial charge in [-0.3, -0.25) is 0 Å².